The van der Waals surface area contributed by atoms with Gasteiger partial charge in [-0.05, 0) is 92.9 Å². The fourth-order valence-electron chi connectivity index (χ4n) is 6.61. The molecule has 4 aliphatic carbocycles. The lowest BCUT2D eigenvalue weighted by Crippen LogP contribution is -2.57. The van der Waals surface area contributed by atoms with Crippen LogP contribution in [0.15, 0.2) is 24.3 Å². The van der Waals surface area contributed by atoms with Gasteiger partial charge in [0.1, 0.15) is 6.29 Å². The van der Waals surface area contributed by atoms with Gasteiger partial charge in [0.2, 0.25) is 5.91 Å². The van der Waals surface area contributed by atoms with Crippen molar-refractivity contribution in [3.63, 3.8) is 0 Å². The first-order valence-electron chi connectivity index (χ1n) is 10.8. The Balaban J connectivity index is 1.16. The monoisotopic (exact) mass is 366 g/mol. The summed E-state index contributed by atoms with van der Waals surface area (Å²) >= 11 is 0. The summed E-state index contributed by atoms with van der Waals surface area (Å²) in [5, 5.41) is 3.51. The highest BCUT2D eigenvalue weighted by molar-refractivity contribution is 5.79. The molecule has 5 aliphatic rings. The summed E-state index contributed by atoms with van der Waals surface area (Å²) < 4.78 is 0. The van der Waals surface area contributed by atoms with Crippen molar-refractivity contribution in [1.82, 2.24) is 5.32 Å². The van der Waals surface area contributed by atoms with E-state index in [1.54, 1.807) is 0 Å². The number of hydrogen-bond acceptors (Lipinski definition) is 3. The predicted octanol–water partition coefficient (Wildman–Crippen LogP) is 3.66. The van der Waals surface area contributed by atoms with E-state index in [4.69, 9.17) is 0 Å². The minimum absolute atomic E-state index is 0.160. The third-order valence-electron chi connectivity index (χ3n) is 7.80. The van der Waals surface area contributed by atoms with Crippen molar-refractivity contribution in [2.24, 2.45) is 29.6 Å². The molecule has 0 radical (unpaired) electrons. The standard InChI is InChI=1S/C23H30N2O2/c26-14-15-1-3-21(4-2-15)25-7-5-18(6-8-25)23(27)24-22-19-10-16-9-17(12-19)13-20(22)11-16/h1-4,14,16-20,22H,5-13H2,(H,24,27). The fourth-order valence-corrected chi connectivity index (χ4v) is 6.61. The van der Waals surface area contributed by atoms with Crippen LogP contribution in [-0.2, 0) is 4.79 Å². The number of rotatable bonds is 4. The number of hydrogen-bond donors (Lipinski definition) is 1. The molecule has 1 amide bonds. The molecule has 0 atom stereocenters. The number of benzene rings is 1. The maximum atomic E-state index is 12.9. The van der Waals surface area contributed by atoms with Crippen molar-refractivity contribution >= 4 is 17.9 Å². The van der Waals surface area contributed by atoms with Crippen molar-refractivity contribution in [2.75, 3.05) is 18.0 Å². The average molecular weight is 367 g/mol. The third kappa shape index (κ3) is 3.28. The van der Waals surface area contributed by atoms with E-state index in [1.807, 2.05) is 24.3 Å². The van der Waals surface area contributed by atoms with Crippen LogP contribution < -0.4 is 10.2 Å². The highest BCUT2D eigenvalue weighted by atomic mass is 16.2. The zero-order valence-electron chi connectivity index (χ0n) is 16.0. The lowest BCUT2D eigenvalue weighted by molar-refractivity contribution is -0.129. The first kappa shape index (κ1) is 17.3. The van der Waals surface area contributed by atoms with E-state index in [0.29, 0.717) is 17.5 Å². The minimum Gasteiger partial charge on any atom is -0.371 e. The van der Waals surface area contributed by atoms with Gasteiger partial charge in [-0.1, -0.05) is 0 Å². The average Bonchev–Trinajstić information content (AvgIpc) is 2.70. The predicted molar refractivity (Wildman–Crippen MR) is 106 cm³/mol. The number of piperidine rings is 1. The van der Waals surface area contributed by atoms with Gasteiger partial charge in [-0.25, -0.2) is 0 Å². The minimum atomic E-state index is 0.160. The Morgan fingerprint density at radius 1 is 0.926 bits per heavy atom. The first-order valence-corrected chi connectivity index (χ1v) is 10.8. The summed E-state index contributed by atoms with van der Waals surface area (Å²) in [4.78, 5) is 26.1. The van der Waals surface area contributed by atoms with Gasteiger partial charge >= 0.3 is 0 Å². The molecule has 27 heavy (non-hydrogen) atoms. The van der Waals surface area contributed by atoms with E-state index < -0.39 is 0 Å². The van der Waals surface area contributed by atoms with Crippen LogP contribution in [0.1, 0.15) is 55.3 Å². The van der Waals surface area contributed by atoms with Gasteiger partial charge < -0.3 is 10.2 Å². The van der Waals surface area contributed by atoms with E-state index in [0.717, 1.165) is 61.6 Å². The van der Waals surface area contributed by atoms with Gasteiger partial charge in [0.25, 0.3) is 0 Å². The summed E-state index contributed by atoms with van der Waals surface area (Å²) in [6.07, 6.45) is 9.61. The molecule has 1 aromatic carbocycles. The van der Waals surface area contributed by atoms with Gasteiger partial charge in [-0.2, -0.15) is 0 Å². The zero-order chi connectivity index (χ0) is 18.4. The first-order chi connectivity index (χ1) is 13.2. The molecule has 1 aromatic rings. The van der Waals surface area contributed by atoms with Crippen molar-refractivity contribution in [1.29, 1.82) is 0 Å². The Labute approximate surface area is 161 Å². The Bertz CT molecular complexity index is 678. The van der Waals surface area contributed by atoms with Crippen molar-refractivity contribution < 1.29 is 9.59 Å². The molecular weight excluding hydrogens is 336 g/mol. The van der Waals surface area contributed by atoms with Gasteiger partial charge in [-0.3, -0.25) is 9.59 Å². The van der Waals surface area contributed by atoms with Crippen LogP contribution in [0, 0.1) is 29.6 Å². The van der Waals surface area contributed by atoms with Gasteiger partial charge in [0.15, 0.2) is 0 Å². The Hall–Kier alpha value is -1.84. The molecule has 1 N–H and O–H groups in total. The van der Waals surface area contributed by atoms with E-state index >= 15 is 0 Å². The van der Waals surface area contributed by atoms with E-state index in [-0.39, 0.29) is 5.92 Å². The van der Waals surface area contributed by atoms with Gasteiger partial charge in [0.05, 0.1) is 0 Å². The number of aldehydes is 1. The van der Waals surface area contributed by atoms with Crippen LogP contribution in [0.5, 0.6) is 0 Å². The zero-order valence-corrected chi connectivity index (χ0v) is 16.0. The lowest BCUT2D eigenvalue weighted by atomic mass is 9.54. The number of carbonyl (C=O) groups is 2. The van der Waals surface area contributed by atoms with Crippen molar-refractivity contribution in [2.45, 2.75) is 51.0 Å². The summed E-state index contributed by atoms with van der Waals surface area (Å²) in [5.41, 5.74) is 1.86. The number of carbonyl (C=O) groups excluding carboxylic acids is 2. The molecule has 144 valence electrons. The molecule has 4 bridgehead atoms. The number of nitrogens with one attached hydrogen (secondary N) is 1. The molecule has 6 rings (SSSR count). The number of nitrogens with zero attached hydrogens (tertiary/aromatic N) is 1. The van der Waals surface area contributed by atoms with Crippen LogP contribution >= 0.6 is 0 Å². The largest absolute Gasteiger partial charge is 0.371 e. The molecule has 4 saturated carbocycles. The molecule has 1 saturated heterocycles. The highest BCUT2D eigenvalue weighted by Crippen LogP contribution is 2.53. The Morgan fingerprint density at radius 2 is 1.52 bits per heavy atom. The Morgan fingerprint density at radius 3 is 2.07 bits per heavy atom. The SMILES string of the molecule is O=Cc1ccc(N2CCC(C(=O)NC3C4CC5CC(C4)CC3C5)CC2)cc1. The molecule has 0 unspecified atom stereocenters. The third-order valence-corrected chi connectivity index (χ3v) is 7.80. The lowest BCUT2D eigenvalue weighted by Gasteiger charge is -2.54. The van der Waals surface area contributed by atoms with E-state index in [2.05, 4.69) is 10.2 Å². The summed E-state index contributed by atoms with van der Waals surface area (Å²) in [7, 11) is 0. The number of amides is 1. The molecule has 1 heterocycles. The molecule has 4 heteroatoms. The van der Waals surface area contributed by atoms with Gasteiger partial charge in [0, 0.05) is 36.3 Å². The van der Waals surface area contributed by atoms with E-state index in [1.165, 1.54) is 32.1 Å². The number of anilines is 1. The van der Waals surface area contributed by atoms with Gasteiger partial charge in [-0.15, -0.1) is 0 Å². The molecule has 0 aromatic heterocycles. The van der Waals surface area contributed by atoms with E-state index in [9.17, 15) is 9.59 Å². The second kappa shape index (κ2) is 6.96. The normalized spacial score (nSPS) is 35.3. The van der Waals surface area contributed by atoms with Crippen LogP contribution in [0.25, 0.3) is 0 Å². The summed E-state index contributed by atoms with van der Waals surface area (Å²) in [6.45, 7) is 1.83. The smallest absolute Gasteiger partial charge is 0.223 e. The highest BCUT2D eigenvalue weighted by Gasteiger charge is 2.48. The second-order valence-electron chi connectivity index (χ2n) is 9.44. The summed E-state index contributed by atoms with van der Waals surface area (Å²) in [5.74, 6) is 3.88. The van der Waals surface area contributed by atoms with Crippen molar-refractivity contribution in [3.8, 4) is 0 Å². The quantitative estimate of drug-likeness (QED) is 0.828. The van der Waals surface area contributed by atoms with Crippen LogP contribution in [-0.4, -0.2) is 31.3 Å². The molecule has 4 nitrogen and oxygen atoms in total. The fraction of sp³-hybridized carbons (Fsp3) is 0.652. The van der Waals surface area contributed by atoms with Crippen LogP contribution in [0.2, 0.25) is 0 Å². The topological polar surface area (TPSA) is 49.4 Å². The second-order valence-corrected chi connectivity index (χ2v) is 9.44. The Kier molecular flexibility index (Phi) is 4.45. The molecule has 0 spiro atoms. The maximum Gasteiger partial charge on any atom is 0.223 e. The molecule has 5 fully saturated rings. The van der Waals surface area contributed by atoms with Crippen molar-refractivity contribution in [3.05, 3.63) is 29.8 Å². The maximum absolute atomic E-state index is 12.9. The summed E-state index contributed by atoms with van der Waals surface area (Å²) in [6, 6.07) is 8.22. The molecular formula is C23H30N2O2. The molecule has 1 aliphatic heterocycles. The van der Waals surface area contributed by atoms with Crippen LogP contribution in [0.3, 0.4) is 0 Å². The van der Waals surface area contributed by atoms with Crippen LogP contribution in [0.4, 0.5) is 5.69 Å².